The standard InChI is InChI=1S/C12H23NO10S3/c1-25(18)5-3-2-4-8(13-23-26(19,20)21)24-12-11(17)10(16)9(15)7(6-14)22-12/h7,9-12,14-17H,2-6H2,1H3,(H,19,20,21)/p-1/b13-8-/t7-,9-,10+,11-,12+,25?/m1/s1/i1D3,3+1,5D2. The van der Waals surface area contributed by atoms with E-state index >= 15 is 0 Å². The molecule has 0 radical (unpaired) electrons. The maximum atomic E-state index is 11.8. The lowest BCUT2D eigenvalue weighted by molar-refractivity contribution is -0.205. The summed E-state index contributed by atoms with van der Waals surface area (Å²) in [5, 5.41) is 41.6. The summed E-state index contributed by atoms with van der Waals surface area (Å²) < 4.78 is 89.3. The van der Waals surface area contributed by atoms with E-state index in [1.165, 1.54) is 0 Å². The Morgan fingerprint density at radius 1 is 1.38 bits per heavy atom. The second-order valence-corrected chi connectivity index (χ2v) is 8.01. The highest BCUT2D eigenvalue weighted by Crippen LogP contribution is 2.30. The van der Waals surface area contributed by atoms with Gasteiger partial charge in [0.15, 0.2) is 0 Å². The van der Waals surface area contributed by atoms with E-state index in [4.69, 9.17) is 11.6 Å². The molecule has 0 aliphatic carbocycles. The second-order valence-electron chi connectivity index (χ2n) is 5.05. The Bertz CT molecular complexity index is 763. The number of oxime groups is 1. The molecule has 1 rings (SSSR count). The van der Waals surface area contributed by atoms with E-state index in [-0.39, 0.29) is 17.9 Å². The first kappa shape index (κ1) is 16.6. The van der Waals surface area contributed by atoms with Gasteiger partial charge in [-0.1, -0.05) is 16.9 Å². The van der Waals surface area contributed by atoms with Crippen LogP contribution in [0.3, 0.4) is 0 Å². The summed E-state index contributed by atoms with van der Waals surface area (Å²) in [6.07, 6.45) is -10.6. The lowest BCUT2D eigenvalue weighted by atomic mass is 10.0. The van der Waals surface area contributed by atoms with Crippen LogP contribution in [0.5, 0.6) is 0 Å². The molecule has 1 saturated heterocycles. The van der Waals surface area contributed by atoms with Gasteiger partial charge in [0, 0.05) is 29.5 Å². The Morgan fingerprint density at radius 3 is 2.65 bits per heavy atom. The van der Waals surface area contributed by atoms with Crippen LogP contribution in [0.15, 0.2) is 5.16 Å². The van der Waals surface area contributed by atoms with Gasteiger partial charge in [-0.25, -0.2) is 0 Å². The normalized spacial score (nSPS) is 35.5. The van der Waals surface area contributed by atoms with Gasteiger partial charge in [-0.2, -0.15) is 8.42 Å². The van der Waals surface area contributed by atoms with Crippen LogP contribution in [-0.2, 0) is 30.2 Å². The highest BCUT2D eigenvalue weighted by atomic mass is 32.3. The predicted octanol–water partition coefficient (Wildman–Crippen LogP) is -2.14. The summed E-state index contributed by atoms with van der Waals surface area (Å²) in [4.78, 5) is 0. The summed E-state index contributed by atoms with van der Waals surface area (Å²) in [6.45, 7) is -0.735. The van der Waals surface area contributed by atoms with Gasteiger partial charge in [-0.3, -0.25) is 8.49 Å². The Balaban J connectivity index is 2.92. The van der Waals surface area contributed by atoms with Crippen molar-refractivity contribution in [1.82, 2.24) is 0 Å². The van der Waals surface area contributed by atoms with E-state index in [0.29, 0.717) is 11.8 Å². The molecule has 6 atom stereocenters. The van der Waals surface area contributed by atoms with Crippen molar-refractivity contribution in [3.8, 4) is 0 Å². The van der Waals surface area contributed by atoms with Gasteiger partial charge in [0.25, 0.3) is 10.4 Å². The number of nitrogens with zero attached hydrogens (tertiary/aromatic N) is 1. The Labute approximate surface area is 164 Å². The van der Waals surface area contributed by atoms with E-state index in [9.17, 15) is 37.6 Å². The van der Waals surface area contributed by atoms with E-state index in [2.05, 4.69) is 9.44 Å². The summed E-state index contributed by atoms with van der Waals surface area (Å²) in [5.41, 5.74) is -4.03. The smallest absolute Gasteiger partial charge is 0.284 e. The highest BCUT2D eigenvalue weighted by molar-refractivity contribution is 8.14. The first-order valence-corrected chi connectivity index (χ1v) is 10.5. The first-order valence-electron chi connectivity index (χ1n) is 9.60. The molecule has 11 nitrogen and oxygen atoms in total. The fourth-order valence-electron chi connectivity index (χ4n) is 1.92. The number of ether oxygens (including phenoxy) is 1. The molecule has 1 fully saturated rings. The number of rotatable bonds is 9. The van der Waals surface area contributed by atoms with Crippen LogP contribution >= 0.6 is 11.8 Å². The van der Waals surface area contributed by atoms with Crippen LogP contribution < -0.4 is 0 Å². The molecule has 0 aromatic carbocycles. The fourth-order valence-corrected chi connectivity index (χ4v) is 3.58. The molecule has 0 amide bonds. The molecule has 0 aromatic heterocycles. The molecule has 0 saturated carbocycles. The van der Waals surface area contributed by atoms with Crippen LogP contribution in [0.2, 0.25) is 0 Å². The Hall–Kier alpha value is -0.320. The molecule has 1 aliphatic heterocycles. The zero-order chi connectivity index (χ0) is 24.2. The molecule has 0 spiro atoms. The molecule has 4 N–H and O–H groups in total. The Kier molecular flexibility index (Phi) is 6.95. The zero-order valence-corrected chi connectivity index (χ0v) is 15.6. The average Bonchev–Trinajstić information content (AvgIpc) is 2.64. The van der Waals surface area contributed by atoms with Crippen molar-refractivity contribution in [1.29, 1.82) is 0 Å². The molecule has 0 aromatic rings. The lowest BCUT2D eigenvalue weighted by Crippen LogP contribution is -2.57. The molecule has 1 aliphatic rings. The molecule has 154 valence electrons. The van der Waals surface area contributed by atoms with Gasteiger partial charge in [0.05, 0.1) is 6.61 Å². The van der Waals surface area contributed by atoms with Crippen LogP contribution in [0.25, 0.3) is 0 Å². The zero-order valence-electron chi connectivity index (χ0n) is 18.1. The topological polar surface area (TPSA) is 186 Å². The third-order valence-electron chi connectivity index (χ3n) is 3.13. The number of thioether (sulfide) groups is 1. The van der Waals surface area contributed by atoms with Gasteiger partial charge >= 0.3 is 0 Å². The third-order valence-corrected chi connectivity index (χ3v) is 5.03. The molecule has 1 unspecified atom stereocenters. The second kappa shape index (κ2) is 10.9. The summed E-state index contributed by atoms with van der Waals surface area (Å²) in [6, 6.07) is 0. The first-order chi connectivity index (χ1) is 14.0. The number of aliphatic hydroxyl groups excluding tert-OH is 4. The molecular weight excluding hydrogens is 415 g/mol. The quantitative estimate of drug-likeness (QED) is 0.0762. The van der Waals surface area contributed by atoms with Crippen LogP contribution in [0.4, 0.5) is 0 Å². The van der Waals surface area contributed by atoms with Gasteiger partial charge in [-0.15, -0.1) is 0 Å². The van der Waals surface area contributed by atoms with Crippen molar-refractivity contribution in [3.05, 3.63) is 0 Å². The largest absolute Gasteiger partial charge is 0.714 e. The summed E-state index contributed by atoms with van der Waals surface area (Å²) >= 11 is 0.462. The monoisotopic (exact) mass is 442 g/mol. The minimum atomic E-state index is -5.28. The van der Waals surface area contributed by atoms with Crippen molar-refractivity contribution in [2.24, 2.45) is 5.16 Å². The Morgan fingerprint density at radius 2 is 2.08 bits per heavy atom. The van der Waals surface area contributed by atoms with Crippen LogP contribution in [0, 0.1) is 0 Å². The van der Waals surface area contributed by atoms with Crippen molar-refractivity contribution in [2.45, 2.75) is 49.1 Å². The number of aliphatic hydroxyl groups is 4. The summed E-state index contributed by atoms with van der Waals surface area (Å²) in [7, 11) is -8.13. The number of hydrogen-bond acceptors (Lipinski definition) is 12. The van der Waals surface area contributed by atoms with Crippen molar-refractivity contribution in [2.75, 3.05) is 18.5 Å². The van der Waals surface area contributed by atoms with Crippen LogP contribution in [-0.4, -0.2) is 91.0 Å². The highest BCUT2D eigenvalue weighted by Gasteiger charge is 2.44. The van der Waals surface area contributed by atoms with E-state index in [1.54, 1.807) is 0 Å². The minimum absolute atomic E-state index is 0.236. The molecule has 1 heterocycles. The maximum Gasteiger partial charge on any atom is 0.284 e. The maximum absolute atomic E-state index is 11.8. The van der Waals surface area contributed by atoms with E-state index in [1.807, 2.05) is 0 Å². The average molecular weight is 443 g/mol. The number of hydrogen-bond donors (Lipinski definition) is 4. The van der Waals surface area contributed by atoms with Crippen molar-refractivity contribution < 1.29 is 53.5 Å². The van der Waals surface area contributed by atoms with E-state index < -0.39 is 76.0 Å². The van der Waals surface area contributed by atoms with Gasteiger partial charge in [-0.05, 0) is 19.3 Å². The van der Waals surface area contributed by atoms with Gasteiger partial charge in [0.2, 0.25) is 0 Å². The van der Waals surface area contributed by atoms with Crippen molar-refractivity contribution >= 4 is 38.0 Å². The fraction of sp³-hybridized carbons (Fsp3) is 0.917. The SMILES string of the molecule is [2H]C([2H])([2H])S(=O)C([2H])([2H])[13CH2]CC/C(=N/OS(=O)(=O)[O-])S[C@@H]1O[C@H](CO)[C@@H](O)[C@H](O)[C@H]1O. The van der Waals surface area contributed by atoms with Gasteiger partial charge < -0.3 is 29.7 Å². The minimum Gasteiger partial charge on any atom is -0.714 e. The van der Waals surface area contributed by atoms with Gasteiger partial charge in [0.1, 0.15) is 34.9 Å². The van der Waals surface area contributed by atoms with E-state index in [0.717, 1.165) is 0 Å². The van der Waals surface area contributed by atoms with Crippen LogP contribution in [0.1, 0.15) is 26.1 Å². The predicted molar refractivity (Wildman–Crippen MR) is 92.4 cm³/mol. The third kappa shape index (κ3) is 8.14. The molecule has 14 heteroatoms. The molecular formula is C12H22NO10S3-. The summed E-state index contributed by atoms with van der Waals surface area (Å²) in [5.74, 6) is 0. The lowest BCUT2D eigenvalue weighted by Gasteiger charge is -2.39. The molecule has 26 heavy (non-hydrogen) atoms. The molecule has 0 bridgehead atoms. The van der Waals surface area contributed by atoms with Crippen molar-refractivity contribution in [3.63, 3.8) is 0 Å².